The van der Waals surface area contributed by atoms with Crippen molar-refractivity contribution in [2.24, 2.45) is 5.73 Å². The molecular weight excluding hydrogens is 214 g/mol. The predicted molar refractivity (Wildman–Crippen MR) is 72.3 cm³/mol. The van der Waals surface area contributed by atoms with Gasteiger partial charge in [0.1, 0.15) is 0 Å². The van der Waals surface area contributed by atoms with Crippen LogP contribution in [0.4, 0.5) is 16.2 Å². The number of hydrogen-bond donors (Lipinski definition) is 3. The average Bonchev–Trinajstić information content (AvgIpc) is 2.28. The summed E-state index contributed by atoms with van der Waals surface area (Å²) in [5, 5.41) is 6.02. The number of nitrogens with one attached hydrogen (secondary N) is 2. The van der Waals surface area contributed by atoms with Crippen molar-refractivity contribution in [3.63, 3.8) is 0 Å². The summed E-state index contributed by atoms with van der Waals surface area (Å²) in [6, 6.07) is 7.53. The van der Waals surface area contributed by atoms with E-state index in [0.29, 0.717) is 11.7 Å². The normalized spacial score (nSPS) is 11.9. The van der Waals surface area contributed by atoms with Crippen LogP contribution in [0.3, 0.4) is 0 Å². The molecule has 4 heteroatoms. The summed E-state index contributed by atoms with van der Waals surface area (Å²) in [7, 11) is 0. The summed E-state index contributed by atoms with van der Waals surface area (Å²) in [6.45, 7) is 4.34. The molecule has 1 rings (SSSR count). The van der Waals surface area contributed by atoms with Gasteiger partial charge in [-0.3, -0.25) is 0 Å². The number of primary amides is 1. The van der Waals surface area contributed by atoms with Gasteiger partial charge in [0.05, 0.1) is 0 Å². The van der Waals surface area contributed by atoms with E-state index in [1.54, 1.807) is 0 Å². The second-order valence-corrected chi connectivity index (χ2v) is 4.11. The molecule has 0 saturated heterocycles. The number of benzene rings is 1. The van der Waals surface area contributed by atoms with Crippen molar-refractivity contribution in [2.45, 2.75) is 39.2 Å². The maximum atomic E-state index is 10.8. The van der Waals surface area contributed by atoms with Crippen LogP contribution < -0.4 is 16.4 Å². The van der Waals surface area contributed by atoms with Gasteiger partial charge in [0.2, 0.25) is 0 Å². The van der Waals surface area contributed by atoms with Crippen LogP contribution in [-0.2, 0) is 0 Å². The van der Waals surface area contributed by atoms with Crippen LogP contribution in [0.2, 0.25) is 0 Å². The van der Waals surface area contributed by atoms with Crippen LogP contribution in [-0.4, -0.2) is 12.1 Å². The van der Waals surface area contributed by atoms with E-state index in [1.165, 1.54) is 0 Å². The van der Waals surface area contributed by atoms with Gasteiger partial charge in [0.25, 0.3) is 0 Å². The van der Waals surface area contributed by atoms with Crippen molar-refractivity contribution in [2.75, 3.05) is 10.6 Å². The number of carbonyl (C=O) groups is 1. The number of anilines is 2. The fraction of sp³-hybridized carbons (Fsp3) is 0.462. The number of hydrogen-bond acceptors (Lipinski definition) is 2. The van der Waals surface area contributed by atoms with E-state index in [0.717, 1.165) is 24.9 Å². The van der Waals surface area contributed by atoms with Gasteiger partial charge in [-0.25, -0.2) is 4.79 Å². The van der Waals surface area contributed by atoms with Crippen LogP contribution in [0.1, 0.15) is 33.1 Å². The van der Waals surface area contributed by atoms with Gasteiger partial charge >= 0.3 is 6.03 Å². The Bertz CT molecular complexity index is 365. The molecule has 0 aliphatic rings. The molecule has 4 N–H and O–H groups in total. The molecule has 1 atom stereocenters. The summed E-state index contributed by atoms with van der Waals surface area (Å²) in [5.41, 5.74) is 6.81. The number of nitrogens with two attached hydrogens (primary N) is 1. The van der Waals surface area contributed by atoms with E-state index in [-0.39, 0.29) is 0 Å². The van der Waals surface area contributed by atoms with Crippen LogP contribution in [0.25, 0.3) is 0 Å². The van der Waals surface area contributed by atoms with Crippen LogP contribution in [0.5, 0.6) is 0 Å². The predicted octanol–water partition coefficient (Wildman–Crippen LogP) is 3.17. The van der Waals surface area contributed by atoms with Crippen molar-refractivity contribution in [3.05, 3.63) is 24.3 Å². The Balaban J connectivity index is 2.67. The van der Waals surface area contributed by atoms with Gasteiger partial charge in [-0.1, -0.05) is 26.3 Å². The lowest BCUT2D eigenvalue weighted by molar-refractivity contribution is 0.259. The summed E-state index contributed by atoms with van der Waals surface area (Å²) in [6.07, 6.45) is 3.38. The Hall–Kier alpha value is -1.71. The second-order valence-electron chi connectivity index (χ2n) is 4.11. The smallest absolute Gasteiger partial charge is 0.316 e. The van der Waals surface area contributed by atoms with Gasteiger partial charge in [-0.05, 0) is 31.0 Å². The minimum atomic E-state index is -0.539. The molecular formula is C13H21N3O. The first-order chi connectivity index (χ1) is 8.15. The summed E-state index contributed by atoms with van der Waals surface area (Å²) >= 11 is 0. The molecule has 0 spiro atoms. The fourth-order valence-corrected chi connectivity index (χ4v) is 1.79. The summed E-state index contributed by atoms with van der Waals surface area (Å²) < 4.78 is 0. The van der Waals surface area contributed by atoms with Gasteiger partial charge in [-0.15, -0.1) is 0 Å². The zero-order valence-corrected chi connectivity index (χ0v) is 10.5. The largest absolute Gasteiger partial charge is 0.382 e. The zero-order valence-electron chi connectivity index (χ0n) is 10.5. The van der Waals surface area contributed by atoms with Crippen molar-refractivity contribution in [3.8, 4) is 0 Å². The van der Waals surface area contributed by atoms with Gasteiger partial charge in [0.15, 0.2) is 0 Å². The molecule has 1 unspecified atom stereocenters. The number of urea groups is 1. The highest BCUT2D eigenvalue weighted by atomic mass is 16.2. The van der Waals surface area contributed by atoms with Gasteiger partial charge in [0, 0.05) is 17.4 Å². The number of carbonyl (C=O) groups excluding carboxylic acids is 1. The average molecular weight is 235 g/mol. The molecule has 2 amide bonds. The maximum absolute atomic E-state index is 10.8. The molecule has 0 aliphatic heterocycles. The van der Waals surface area contributed by atoms with E-state index in [2.05, 4.69) is 24.5 Å². The van der Waals surface area contributed by atoms with Crippen molar-refractivity contribution < 1.29 is 4.79 Å². The molecule has 1 aromatic carbocycles. The lowest BCUT2D eigenvalue weighted by atomic mass is 10.1. The van der Waals surface area contributed by atoms with Gasteiger partial charge < -0.3 is 16.4 Å². The first-order valence-corrected chi connectivity index (χ1v) is 6.08. The van der Waals surface area contributed by atoms with Crippen molar-refractivity contribution in [1.29, 1.82) is 0 Å². The first-order valence-electron chi connectivity index (χ1n) is 6.08. The minimum Gasteiger partial charge on any atom is -0.382 e. The van der Waals surface area contributed by atoms with E-state index < -0.39 is 6.03 Å². The summed E-state index contributed by atoms with van der Waals surface area (Å²) in [4.78, 5) is 10.8. The van der Waals surface area contributed by atoms with Crippen molar-refractivity contribution >= 4 is 17.4 Å². The highest BCUT2D eigenvalue weighted by molar-refractivity contribution is 5.88. The molecule has 1 aromatic rings. The molecule has 0 heterocycles. The standard InChI is InChI=1S/C13H21N3O/c1-3-6-10(4-2)15-11-7-5-8-12(9-11)16-13(14)17/h5,7-10,15H,3-4,6H2,1-2H3,(H3,14,16,17). The molecule has 0 aliphatic carbocycles. The molecule has 94 valence electrons. The third-order valence-corrected chi connectivity index (χ3v) is 2.63. The Kier molecular flexibility index (Phi) is 5.33. The lowest BCUT2D eigenvalue weighted by Gasteiger charge is -2.18. The highest BCUT2D eigenvalue weighted by Gasteiger charge is 2.05. The molecule has 0 aromatic heterocycles. The fourth-order valence-electron chi connectivity index (χ4n) is 1.79. The molecule has 0 radical (unpaired) electrons. The van der Waals surface area contributed by atoms with E-state index in [9.17, 15) is 4.79 Å². The van der Waals surface area contributed by atoms with E-state index >= 15 is 0 Å². The van der Waals surface area contributed by atoms with Gasteiger partial charge in [-0.2, -0.15) is 0 Å². The monoisotopic (exact) mass is 235 g/mol. The van der Waals surface area contributed by atoms with Crippen LogP contribution >= 0.6 is 0 Å². The Labute approximate surface area is 103 Å². The zero-order chi connectivity index (χ0) is 12.7. The van der Waals surface area contributed by atoms with Crippen LogP contribution in [0.15, 0.2) is 24.3 Å². The Morgan fingerprint density at radius 2 is 2.06 bits per heavy atom. The third kappa shape index (κ3) is 4.76. The van der Waals surface area contributed by atoms with E-state index in [1.807, 2.05) is 24.3 Å². The van der Waals surface area contributed by atoms with E-state index in [4.69, 9.17) is 5.73 Å². The molecule has 17 heavy (non-hydrogen) atoms. The second kappa shape index (κ2) is 6.78. The number of amides is 2. The summed E-state index contributed by atoms with van der Waals surface area (Å²) in [5.74, 6) is 0. The lowest BCUT2D eigenvalue weighted by Crippen LogP contribution is -2.20. The third-order valence-electron chi connectivity index (χ3n) is 2.63. The van der Waals surface area contributed by atoms with Crippen LogP contribution in [0, 0.1) is 0 Å². The molecule has 4 nitrogen and oxygen atoms in total. The molecule has 0 fully saturated rings. The topological polar surface area (TPSA) is 67.2 Å². The first kappa shape index (κ1) is 13.4. The SMILES string of the molecule is CCCC(CC)Nc1cccc(NC(N)=O)c1. The highest BCUT2D eigenvalue weighted by Crippen LogP contribution is 2.17. The molecule has 0 saturated carbocycles. The molecule has 0 bridgehead atoms. The Morgan fingerprint density at radius 3 is 2.65 bits per heavy atom. The number of rotatable bonds is 6. The van der Waals surface area contributed by atoms with Crippen molar-refractivity contribution in [1.82, 2.24) is 0 Å². The Morgan fingerprint density at radius 1 is 1.35 bits per heavy atom. The maximum Gasteiger partial charge on any atom is 0.316 e. The minimum absolute atomic E-state index is 0.476. The quantitative estimate of drug-likeness (QED) is 0.709.